The van der Waals surface area contributed by atoms with E-state index in [1.54, 1.807) is 6.20 Å². The van der Waals surface area contributed by atoms with Crippen molar-refractivity contribution in [1.29, 1.82) is 0 Å². The number of aromatic nitrogens is 2. The normalized spacial score (nSPS) is 12.0. The fourth-order valence-electron chi connectivity index (χ4n) is 2.07. The summed E-state index contributed by atoms with van der Waals surface area (Å²) >= 11 is 3.49. The van der Waals surface area contributed by atoms with Gasteiger partial charge in [-0.1, -0.05) is 24.3 Å². The fourth-order valence-corrected chi connectivity index (χ4v) is 2.37. The van der Waals surface area contributed by atoms with Gasteiger partial charge in [-0.2, -0.15) is 4.98 Å². The molecule has 5 heteroatoms. The summed E-state index contributed by atoms with van der Waals surface area (Å²) in [5.41, 5.74) is 2.53. The number of nitrogens with one attached hydrogen (secondary N) is 2. The number of hydrogen-bond donors (Lipinski definition) is 2. The third-order valence-electron chi connectivity index (χ3n) is 3.09. The van der Waals surface area contributed by atoms with Crippen LogP contribution in [0.4, 0.5) is 11.8 Å². The van der Waals surface area contributed by atoms with Gasteiger partial charge in [0.15, 0.2) is 0 Å². The summed E-state index contributed by atoms with van der Waals surface area (Å²) < 4.78 is 0.861. The van der Waals surface area contributed by atoms with Crippen LogP contribution in [0.3, 0.4) is 0 Å². The van der Waals surface area contributed by atoms with Crippen LogP contribution in [0.5, 0.6) is 0 Å². The Hall–Kier alpha value is -1.62. The standard InChI is InChI=1S/C15H19BrN4/c1-4-17-15-18-9-13(16)14(20-15)19-11(3)12-8-6-5-7-10(12)2/h5-9,11H,4H2,1-3H3,(H2,17,18,19,20). The number of nitrogens with zero attached hydrogens (tertiary/aromatic N) is 2. The van der Waals surface area contributed by atoms with Gasteiger partial charge in [-0.15, -0.1) is 0 Å². The first-order valence-electron chi connectivity index (χ1n) is 6.70. The number of halogens is 1. The second-order valence-electron chi connectivity index (χ2n) is 4.64. The lowest BCUT2D eigenvalue weighted by molar-refractivity contribution is 0.860. The molecule has 1 aromatic carbocycles. The lowest BCUT2D eigenvalue weighted by Crippen LogP contribution is -2.11. The van der Waals surface area contributed by atoms with Gasteiger partial charge >= 0.3 is 0 Å². The van der Waals surface area contributed by atoms with E-state index in [1.165, 1.54) is 11.1 Å². The minimum Gasteiger partial charge on any atom is -0.362 e. The summed E-state index contributed by atoms with van der Waals surface area (Å²) in [4.78, 5) is 8.69. The summed E-state index contributed by atoms with van der Waals surface area (Å²) in [6.07, 6.45) is 1.76. The van der Waals surface area contributed by atoms with E-state index in [0.29, 0.717) is 5.95 Å². The summed E-state index contributed by atoms with van der Waals surface area (Å²) in [7, 11) is 0. The molecule has 106 valence electrons. The molecule has 1 aromatic heterocycles. The fraction of sp³-hybridized carbons (Fsp3) is 0.333. The Morgan fingerprint density at radius 3 is 2.75 bits per heavy atom. The number of hydrogen-bond acceptors (Lipinski definition) is 4. The van der Waals surface area contributed by atoms with Crippen LogP contribution in [-0.4, -0.2) is 16.5 Å². The Morgan fingerprint density at radius 1 is 1.30 bits per heavy atom. The predicted molar refractivity (Wildman–Crippen MR) is 87.1 cm³/mol. The second-order valence-corrected chi connectivity index (χ2v) is 5.50. The van der Waals surface area contributed by atoms with Crippen LogP contribution < -0.4 is 10.6 Å². The van der Waals surface area contributed by atoms with Gasteiger partial charge in [0.25, 0.3) is 0 Å². The first-order chi connectivity index (χ1) is 9.61. The molecule has 2 rings (SSSR count). The van der Waals surface area contributed by atoms with Crippen LogP contribution in [0.1, 0.15) is 31.0 Å². The third-order valence-corrected chi connectivity index (χ3v) is 3.67. The van der Waals surface area contributed by atoms with Crippen LogP contribution in [0.15, 0.2) is 34.9 Å². The molecule has 0 spiro atoms. The highest BCUT2D eigenvalue weighted by atomic mass is 79.9. The van der Waals surface area contributed by atoms with Gasteiger partial charge in [0.2, 0.25) is 5.95 Å². The van der Waals surface area contributed by atoms with Crippen molar-refractivity contribution in [2.24, 2.45) is 0 Å². The number of aryl methyl sites for hydroxylation is 1. The molecular weight excluding hydrogens is 316 g/mol. The van der Waals surface area contributed by atoms with Crippen molar-refractivity contribution in [1.82, 2.24) is 9.97 Å². The summed E-state index contributed by atoms with van der Waals surface area (Å²) in [6.45, 7) is 7.07. The van der Waals surface area contributed by atoms with Crippen LogP contribution in [-0.2, 0) is 0 Å². The Balaban J connectivity index is 2.21. The maximum atomic E-state index is 4.48. The quantitative estimate of drug-likeness (QED) is 0.862. The van der Waals surface area contributed by atoms with Crippen LogP contribution in [0.2, 0.25) is 0 Å². The zero-order valence-corrected chi connectivity index (χ0v) is 13.5. The zero-order valence-electron chi connectivity index (χ0n) is 11.9. The van der Waals surface area contributed by atoms with Gasteiger partial charge in [0.05, 0.1) is 10.5 Å². The average Bonchev–Trinajstić information content (AvgIpc) is 2.43. The van der Waals surface area contributed by atoms with Gasteiger partial charge in [0.1, 0.15) is 5.82 Å². The predicted octanol–water partition coefficient (Wildman–Crippen LogP) is 4.15. The molecule has 0 aliphatic heterocycles. The first kappa shape index (κ1) is 14.8. The monoisotopic (exact) mass is 334 g/mol. The number of benzene rings is 1. The Bertz CT molecular complexity index is 586. The van der Waals surface area contributed by atoms with Crippen molar-refractivity contribution in [2.75, 3.05) is 17.2 Å². The third kappa shape index (κ3) is 3.48. The highest BCUT2D eigenvalue weighted by Gasteiger charge is 2.11. The Morgan fingerprint density at radius 2 is 2.05 bits per heavy atom. The van der Waals surface area contributed by atoms with Gasteiger partial charge in [-0.05, 0) is 47.8 Å². The molecule has 2 aromatic rings. The van der Waals surface area contributed by atoms with Crippen molar-refractivity contribution in [2.45, 2.75) is 26.8 Å². The first-order valence-corrected chi connectivity index (χ1v) is 7.49. The van der Waals surface area contributed by atoms with E-state index in [0.717, 1.165) is 16.8 Å². The molecule has 4 nitrogen and oxygen atoms in total. The van der Waals surface area contributed by atoms with Crippen molar-refractivity contribution in [3.63, 3.8) is 0 Å². The molecule has 0 bridgehead atoms. The lowest BCUT2D eigenvalue weighted by Gasteiger charge is -2.18. The highest BCUT2D eigenvalue weighted by molar-refractivity contribution is 9.10. The van der Waals surface area contributed by atoms with Crippen LogP contribution in [0, 0.1) is 6.92 Å². The molecule has 2 N–H and O–H groups in total. The van der Waals surface area contributed by atoms with Crippen molar-refractivity contribution in [3.8, 4) is 0 Å². The van der Waals surface area contributed by atoms with Crippen molar-refractivity contribution in [3.05, 3.63) is 46.1 Å². The van der Waals surface area contributed by atoms with Crippen LogP contribution in [0.25, 0.3) is 0 Å². The molecule has 1 atom stereocenters. The van der Waals surface area contributed by atoms with E-state index < -0.39 is 0 Å². The van der Waals surface area contributed by atoms with E-state index in [4.69, 9.17) is 0 Å². The van der Waals surface area contributed by atoms with E-state index in [2.05, 4.69) is 74.6 Å². The van der Waals surface area contributed by atoms with Gasteiger partial charge in [-0.25, -0.2) is 4.98 Å². The zero-order chi connectivity index (χ0) is 14.5. The molecule has 0 saturated heterocycles. The highest BCUT2D eigenvalue weighted by Crippen LogP contribution is 2.26. The minimum atomic E-state index is 0.178. The minimum absolute atomic E-state index is 0.178. The smallest absolute Gasteiger partial charge is 0.224 e. The summed E-state index contributed by atoms with van der Waals surface area (Å²) in [5, 5.41) is 6.54. The maximum Gasteiger partial charge on any atom is 0.224 e. The number of anilines is 2. The van der Waals surface area contributed by atoms with E-state index in [9.17, 15) is 0 Å². The van der Waals surface area contributed by atoms with Gasteiger partial charge in [-0.3, -0.25) is 0 Å². The average molecular weight is 335 g/mol. The molecule has 1 heterocycles. The molecule has 1 unspecified atom stereocenters. The van der Waals surface area contributed by atoms with E-state index >= 15 is 0 Å². The molecule has 0 radical (unpaired) electrons. The van der Waals surface area contributed by atoms with Crippen molar-refractivity contribution < 1.29 is 0 Å². The van der Waals surface area contributed by atoms with Gasteiger partial charge in [0, 0.05) is 12.7 Å². The van der Waals surface area contributed by atoms with E-state index in [-0.39, 0.29) is 6.04 Å². The molecule has 0 saturated carbocycles. The summed E-state index contributed by atoms with van der Waals surface area (Å²) in [5.74, 6) is 1.43. The van der Waals surface area contributed by atoms with Gasteiger partial charge < -0.3 is 10.6 Å². The second kappa shape index (κ2) is 6.70. The van der Waals surface area contributed by atoms with Crippen LogP contribution >= 0.6 is 15.9 Å². The molecule has 20 heavy (non-hydrogen) atoms. The molecule has 0 fully saturated rings. The molecule has 0 aliphatic rings. The largest absolute Gasteiger partial charge is 0.362 e. The molecule has 0 amide bonds. The Kier molecular flexibility index (Phi) is 4.95. The SMILES string of the molecule is CCNc1ncc(Br)c(NC(C)c2ccccc2C)n1. The maximum absolute atomic E-state index is 4.48. The summed E-state index contributed by atoms with van der Waals surface area (Å²) in [6, 6.07) is 8.53. The topological polar surface area (TPSA) is 49.8 Å². The Labute approximate surface area is 128 Å². The van der Waals surface area contributed by atoms with E-state index in [1.807, 2.05) is 6.92 Å². The molecule has 0 aliphatic carbocycles. The molecular formula is C15H19BrN4. The van der Waals surface area contributed by atoms with Crippen molar-refractivity contribution >= 4 is 27.7 Å². The lowest BCUT2D eigenvalue weighted by atomic mass is 10.0. The number of rotatable bonds is 5.